The molecule has 0 amide bonds. The molecule has 0 atom stereocenters. The second-order valence-corrected chi connectivity index (χ2v) is 5.94. The van der Waals surface area contributed by atoms with Crippen molar-refractivity contribution in [3.63, 3.8) is 0 Å². The summed E-state index contributed by atoms with van der Waals surface area (Å²) in [5.41, 5.74) is 2.06. The molecule has 19 heavy (non-hydrogen) atoms. The highest BCUT2D eigenvalue weighted by Crippen LogP contribution is 2.24. The monoisotopic (exact) mass is 298 g/mol. The van der Waals surface area contributed by atoms with Gasteiger partial charge in [0.2, 0.25) is 0 Å². The minimum Gasteiger partial charge on any atom is -0.367 e. The van der Waals surface area contributed by atoms with Crippen LogP contribution in [0.3, 0.4) is 0 Å². The van der Waals surface area contributed by atoms with Gasteiger partial charge < -0.3 is 4.74 Å². The molecule has 1 aromatic carbocycles. The predicted molar refractivity (Wildman–Crippen MR) is 83.6 cm³/mol. The zero-order chi connectivity index (χ0) is 14.3. The van der Waals surface area contributed by atoms with E-state index in [9.17, 15) is 0 Å². The molecule has 0 aliphatic rings. The van der Waals surface area contributed by atoms with Gasteiger partial charge in [0, 0.05) is 0 Å². The lowest BCUT2D eigenvalue weighted by atomic mass is 9.98. The highest BCUT2D eigenvalue weighted by atomic mass is 35.5. The third-order valence-corrected chi connectivity index (χ3v) is 3.23. The fourth-order valence-corrected chi connectivity index (χ4v) is 1.79. The highest BCUT2D eigenvalue weighted by Gasteiger charge is 2.19. The summed E-state index contributed by atoms with van der Waals surface area (Å²) in [4.78, 5) is 0. The number of halogens is 2. The summed E-state index contributed by atoms with van der Waals surface area (Å²) in [6, 6.07) is 10.2. The van der Waals surface area contributed by atoms with E-state index in [-0.39, 0.29) is 5.60 Å². The molecule has 0 saturated carbocycles. The number of allylic oxidation sites excluding steroid dienone is 2. The topological polar surface area (TPSA) is 9.23 Å². The average Bonchev–Trinajstić information content (AvgIpc) is 2.37. The molecule has 0 bridgehead atoms. The quantitative estimate of drug-likeness (QED) is 0.622. The SMILES string of the molecule is C/C(=C\COC(C)(C)c1ccccc1)CC=C(Cl)Cl. The standard InChI is InChI=1S/C16H20Cl2O/c1-13(9-10-15(17)18)11-12-19-16(2,3)14-7-5-4-6-8-14/h4-8,10-11H,9,12H2,1-3H3/b13-11+. The van der Waals surface area contributed by atoms with Crippen LogP contribution in [0.25, 0.3) is 0 Å². The van der Waals surface area contributed by atoms with Crippen molar-refractivity contribution in [2.45, 2.75) is 32.8 Å². The van der Waals surface area contributed by atoms with Crippen molar-refractivity contribution >= 4 is 23.2 Å². The minimum absolute atomic E-state index is 0.294. The van der Waals surface area contributed by atoms with Gasteiger partial charge in [0.15, 0.2) is 0 Å². The Morgan fingerprint density at radius 1 is 1.16 bits per heavy atom. The maximum atomic E-state index is 5.93. The van der Waals surface area contributed by atoms with Crippen molar-refractivity contribution in [1.29, 1.82) is 0 Å². The summed E-state index contributed by atoms with van der Waals surface area (Å²) >= 11 is 11.2. The molecule has 1 aromatic rings. The van der Waals surface area contributed by atoms with E-state index < -0.39 is 0 Å². The Bertz CT molecular complexity index is 443. The molecule has 0 aliphatic carbocycles. The van der Waals surface area contributed by atoms with Gasteiger partial charge in [-0.3, -0.25) is 0 Å². The van der Waals surface area contributed by atoms with E-state index >= 15 is 0 Å². The van der Waals surface area contributed by atoms with Crippen molar-refractivity contribution in [2.24, 2.45) is 0 Å². The Kier molecular flexibility index (Phi) is 6.64. The molecule has 0 aromatic heterocycles. The van der Waals surface area contributed by atoms with E-state index in [1.54, 1.807) is 6.08 Å². The average molecular weight is 299 g/mol. The van der Waals surface area contributed by atoms with Crippen LogP contribution in [0.4, 0.5) is 0 Å². The first-order valence-electron chi connectivity index (χ1n) is 6.28. The van der Waals surface area contributed by atoms with Gasteiger partial charge in [-0.2, -0.15) is 0 Å². The summed E-state index contributed by atoms with van der Waals surface area (Å²) in [5.74, 6) is 0. The summed E-state index contributed by atoms with van der Waals surface area (Å²) in [6.45, 7) is 6.75. The fraction of sp³-hybridized carbons (Fsp3) is 0.375. The van der Waals surface area contributed by atoms with E-state index in [2.05, 4.69) is 32.1 Å². The Hall–Kier alpha value is -0.760. The second kappa shape index (κ2) is 7.74. The van der Waals surface area contributed by atoms with Crippen LogP contribution in [0.2, 0.25) is 0 Å². The summed E-state index contributed by atoms with van der Waals surface area (Å²) in [6.07, 6.45) is 4.58. The lowest BCUT2D eigenvalue weighted by Crippen LogP contribution is -2.21. The zero-order valence-corrected chi connectivity index (χ0v) is 13.1. The van der Waals surface area contributed by atoms with Gasteiger partial charge in [-0.1, -0.05) is 71.3 Å². The number of ether oxygens (including phenoxy) is 1. The molecule has 1 rings (SSSR count). The Balaban J connectivity index is 2.52. The van der Waals surface area contributed by atoms with Crippen molar-refractivity contribution in [2.75, 3.05) is 6.61 Å². The van der Waals surface area contributed by atoms with Gasteiger partial charge in [-0.15, -0.1) is 0 Å². The third-order valence-electron chi connectivity index (χ3n) is 2.92. The second-order valence-electron chi connectivity index (χ2n) is 4.94. The molecular formula is C16H20Cl2O. The van der Waals surface area contributed by atoms with E-state index in [1.165, 1.54) is 11.1 Å². The molecule has 0 radical (unpaired) electrons. The number of rotatable bonds is 6. The normalized spacial score (nSPS) is 12.4. The Labute approximate surface area is 125 Å². The zero-order valence-electron chi connectivity index (χ0n) is 11.6. The molecule has 1 nitrogen and oxygen atoms in total. The molecule has 0 N–H and O–H groups in total. The number of benzene rings is 1. The molecule has 0 heterocycles. The van der Waals surface area contributed by atoms with Crippen LogP contribution in [0.5, 0.6) is 0 Å². The fourth-order valence-electron chi connectivity index (χ4n) is 1.64. The highest BCUT2D eigenvalue weighted by molar-refractivity contribution is 6.55. The Morgan fingerprint density at radius 3 is 2.37 bits per heavy atom. The van der Waals surface area contributed by atoms with Gasteiger partial charge in [-0.25, -0.2) is 0 Å². The predicted octanol–water partition coefficient (Wildman–Crippen LogP) is 5.59. The molecular weight excluding hydrogens is 279 g/mol. The van der Waals surface area contributed by atoms with Crippen LogP contribution in [0, 0.1) is 0 Å². The summed E-state index contributed by atoms with van der Waals surface area (Å²) in [5, 5.41) is 0. The molecule has 0 fully saturated rings. The molecule has 0 spiro atoms. The number of hydrogen-bond donors (Lipinski definition) is 0. The third kappa shape index (κ3) is 6.29. The molecule has 0 unspecified atom stereocenters. The van der Waals surface area contributed by atoms with Crippen LogP contribution in [0.15, 0.2) is 52.5 Å². The van der Waals surface area contributed by atoms with E-state index in [4.69, 9.17) is 27.9 Å². The maximum Gasteiger partial charge on any atom is 0.103 e. The van der Waals surface area contributed by atoms with Crippen molar-refractivity contribution in [3.8, 4) is 0 Å². The van der Waals surface area contributed by atoms with Gasteiger partial charge in [-0.05, 0) is 32.8 Å². The van der Waals surface area contributed by atoms with Gasteiger partial charge in [0.25, 0.3) is 0 Å². The van der Waals surface area contributed by atoms with Crippen molar-refractivity contribution in [1.82, 2.24) is 0 Å². The first kappa shape index (κ1) is 16.3. The van der Waals surface area contributed by atoms with Gasteiger partial charge in [0.05, 0.1) is 12.2 Å². The van der Waals surface area contributed by atoms with E-state index in [1.807, 2.05) is 25.1 Å². The van der Waals surface area contributed by atoms with Crippen LogP contribution in [-0.2, 0) is 10.3 Å². The Morgan fingerprint density at radius 2 is 1.79 bits per heavy atom. The van der Waals surface area contributed by atoms with Crippen LogP contribution in [0.1, 0.15) is 32.8 Å². The van der Waals surface area contributed by atoms with Crippen molar-refractivity contribution < 1.29 is 4.74 Å². The molecule has 0 aliphatic heterocycles. The van der Waals surface area contributed by atoms with Crippen LogP contribution in [-0.4, -0.2) is 6.61 Å². The first-order valence-corrected chi connectivity index (χ1v) is 7.03. The van der Waals surface area contributed by atoms with Crippen LogP contribution < -0.4 is 0 Å². The van der Waals surface area contributed by atoms with Gasteiger partial charge >= 0.3 is 0 Å². The van der Waals surface area contributed by atoms with Crippen LogP contribution >= 0.6 is 23.2 Å². The minimum atomic E-state index is -0.294. The van der Waals surface area contributed by atoms with Gasteiger partial charge in [0.1, 0.15) is 4.49 Å². The molecule has 104 valence electrons. The first-order chi connectivity index (χ1) is 8.92. The lowest BCUT2D eigenvalue weighted by molar-refractivity contribution is -0.00495. The largest absolute Gasteiger partial charge is 0.367 e. The van der Waals surface area contributed by atoms with Crippen molar-refractivity contribution in [3.05, 3.63) is 58.1 Å². The van der Waals surface area contributed by atoms with E-state index in [0.29, 0.717) is 11.1 Å². The molecule has 0 saturated heterocycles. The van der Waals surface area contributed by atoms with E-state index in [0.717, 1.165) is 6.42 Å². The summed E-state index contributed by atoms with van der Waals surface area (Å²) < 4.78 is 6.23. The lowest BCUT2D eigenvalue weighted by Gasteiger charge is -2.25. The maximum absolute atomic E-state index is 5.93. The molecule has 3 heteroatoms. The summed E-state index contributed by atoms with van der Waals surface area (Å²) in [7, 11) is 0. The number of hydrogen-bond acceptors (Lipinski definition) is 1. The smallest absolute Gasteiger partial charge is 0.103 e.